The number of carbonyl (C=O) groups is 2. The van der Waals surface area contributed by atoms with Crippen molar-refractivity contribution in [3.05, 3.63) is 28.2 Å². The van der Waals surface area contributed by atoms with Crippen LogP contribution in [0.2, 0.25) is 10.0 Å². The predicted molar refractivity (Wildman–Crippen MR) is 84.1 cm³/mol. The lowest BCUT2D eigenvalue weighted by molar-refractivity contribution is -0.138. The summed E-state index contributed by atoms with van der Waals surface area (Å²) in [5.41, 5.74) is 0.368. The zero-order valence-electron chi connectivity index (χ0n) is 11.9. The molecule has 1 aromatic rings. The molecule has 0 bridgehead atoms. The van der Waals surface area contributed by atoms with Gasteiger partial charge in [-0.15, -0.1) is 0 Å². The third-order valence-electron chi connectivity index (χ3n) is 3.07. The molecule has 0 saturated heterocycles. The fourth-order valence-corrected chi connectivity index (χ4v) is 2.43. The maximum absolute atomic E-state index is 12.1. The largest absolute Gasteiger partial charge is 0.481 e. The Morgan fingerprint density at radius 1 is 1.33 bits per heavy atom. The minimum absolute atomic E-state index is 0.0199. The summed E-state index contributed by atoms with van der Waals surface area (Å²) in [6.07, 6.45) is -0.0199. The van der Waals surface area contributed by atoms with E-state index in [1.165, 1.54) is 0 Å². The summed E-state index contributed by atoms with van der Waals surface area (Å²) >= 11 is 12.0. The Kier molecular flexibility index (Phi) is 6.95. The van der Waals surface area contributed by atoms with Gasteiger partial charge in [-0.05, 0) is 25.6 Å². The molecule has 0 aliphatic heterocycles. The Morgan fingerprint density at radius 2 is 1.90 bits per heavy atom. The van der Waals surface area contributed by atoms with Gasteiger partial charge < -0.3 is 10.4 Å². The molecule has 0 fully saturated rings. The number of hydrogen-bond acceptors (Lipinski definition) is 3. The highest BCUT2D eigenvalue weighted by Crippen LogP contribution is 2.29. The molecule has 1 aromatic carbocycles. The molecule has 7 heteroatoms. The molecular weight excluding hydrogens is 315 g/mol. The maximum Gasteiger partial charge on any atom is 0.304 e. The van der Waals surface area contributed by atoms with Crippen molar-refractivity contribution in [1.82, 2.24) is 4.90 Å². The molecule has 0 saturated carbocycles. The van der Waals surface area contributed by atoms with Crippen LogP contribution >= 0.6 is 23.2 Å². The van der Waals surface area contributed by atoms with Crippen LogP contribution in [0.15, 0.2) is 18.2 Å². The number of carboxylic acids is 1. The van der Waals surface area contributed by atoms with Gasteiger partial charge in [0, 0.05) is 6.04 Å². The average molecular weight is 333 g/mol. The Bertz CT molecular complexity index is 503. The van der Waals surface area contributed by atoms with Crippen molar-refractivity contribution in [3.63, 3.8) is 0 Å². The second kappa shape index (κ2) is 8.22. The Balaban J connectivity index is 2.69. The number of amides is 1. The Hall–Kier alpha value is -1.30. The maximum atomic E-state index is 12.1. The number of carbonyl (C=O) groups excluding carboxylic acids is 1. The number of carboxylic acid groups (broad SMARTS) is 1. The number of nitrogens with one attached hydrogen (secondary N) is 1. The highest BCUT2D eigenvalue weighted by Gasteiger charge is 2.19. The number of anilines is 1. The fourth-order valence-electron chi connectivity index (χ4n) is 1.94. The fraction of sp³-hybridized carbons (Fsp3) is 0.429. The number of nitrogens with zero attached hydrogens (tertiary/aromatic N) is 1. The molecule has 0 aromatic heterocycles. The van der Waals surface area contributed by atoms with Crippen LogP contribution < -0.4 is 5.32 Å². The Labute approximate surface area is 133 Å². The van der Waals surface area contributed by atoms with Crippen molar-refractivity contribution in [2.75, 3.05) is 18.4 Å². The van der Waals surface area contributed by atoms with E-state index in [-0.39, 0.29) is 24.9 Å². The molecule has 116 valence electrons. The zero-order valence-corrected chi connectivity index (χ0v) is 13.4. The van der Waals surface area contributed by atoms with Crippen LogP contribution in [0.1, 0.15) is 20.3 Å². The smallest absolute Gasteiger partial charge is 0.304 e. The third-order valence-corrected chi connectivity index (χ3v) is 3.70. The van der Waals surface area contributed by atoms with Gasteiger partial charge in [-0.25, -0.2) is 0 Å². The summed E-state index contributed by atoms with van der Waals surface area (Å²) in [7, 11) is 0. The molecule has 0 heterocycles. The third kappa shape index (κ3) is 5.53. The number of aliphatic carboxylic acids is 1. The monoisotopic (exact) mass is 332 g/mol. The van der Waals surface area contributed by atoms with Crippen LogP contribution in [0.4, 0.5) is 5.69 Å². The normalized spacial score (nSPS) is 12.2. The lowest BCUT2D eigenvalue weighted by atomic mass is 10.2. The minimum atomic E-state index is -0.893. The first-order valence-corrected chi connectivity index (χ1v) is 7.30. The van der Waals surface area contributed by atoms with Crippen LogP contribution in [0, 0.1) is 0 Å². The van der Waals surface area contributed by atoms with E-state index in [1.807, 2.05) is 6.92 Å². The molecule has 1 rings (SSSR count). The summed E-state index contributed by atoms with van der Waals surface area (Å²) in [6.45, 7) is 4.28. The molecule has 1 amide bonds. The number of likely N-dealkylation sites (N-methyl/N-ethyl adjacent to an activating group) is 1. The van der Waals surface area contributed by atoms with Crippen LogP contribution in [0.5, 0.6) is 0 Å². The van der Waals surface area contributed by atoms with Crippen LogP contribution in [-0.2, 0) is 9.59 Å². The highest BCUT2D eigenvalue weighted by molar-refractivity contribution is 6.39. The van der Waals surface area contributed by atoms with Crippen molar-refractivity contribution >= 4 is 40.8 Å². The summed E-state index contributed by atoms with van der Waals surface area (Å²) in [5, 5.41) is 12.2. The number of para-hydroxylation sites is 1. The van der Waals surface area contributed by atoms with Crippen molar-refractivity contribution in [2.24, 2.45) is 0 Å². The van der Waals surface area contributed by atoms with E-state index < -0.39 is 5.97 Å². The van der Waals surface area contributed by atoms with Crippen molar-refractivity contribution < 1.29 is 14.7 Å². The SMILES string of the molecule is CCN(CC(=O)Nc1c(Cl)cccc1Cl)C(C)CC(=O)O. The quantitative estimate of drug-likeness (QED) is 0.804. The predicted octanol–water partition coefficient (Wildman–Crippen LogP) is 3.12. The standard InChI is InChI=1S/C14H18Cl2N2O3/c1-3-18(9(2)7-13(20)21)8-12(19)17-14-10(15)5-4-6-11(14)16/h4-6,9H,3,7-8H2,1-2H3,(H,17,19)(H,20,21). The van der Waals surface area contributed by atoms with Crippen molar-refractivity contribution in [2.45, 2.75) is 26.3 Å². The molecule has 1 atom stereocenters. The molecule has 0 spiro atoms. The van der Waals surface area contributed by atoms with Gasteiger partial charge in [0.2, 0.25) is 5.91 Å². The van der Waals surface area contributed by atoms with Crippen LogP contribution in [0.3, 0.4) is 0 Å². The number of rotatable bonds is 7. The van der Waals surface area contributed by atoms with E-state index >= 15 is 0 Å². The summed E-state index contributed by atoms with van der Waals surface area (Å²) < 4.78 is 0. The molecule has 5 nitrogen and oxygen atoms in total. The number of hydrogen-bond donors (Lipinski definition) is 2. The van der Waals surface area contributed by atoms with E-state index in [4.69, 9.17) is 28.3 Å². The second-order valence-electron chi connectivity index (χ2n) is 4.65. The van der Waals surface area contributed by atoms with Gasteiger partial charge in [-0.2, -0.15) is 0 Å². The van der Waals surface area contributed by atoms with Gasteiger partial charge in [-0.1, -0.05) is 36.2 Å². The molecule has 0 radical (unpaired) electrons. The molecule has 2 N–H and O–H groups in total. The second-order valence-corrected chi connectivity index (χ2v) is 5.47. The van der Waals surface area contributed by atoms with E-state index in [9.17, 15) is 9.59 Å². The summed E-state index contributed by atoms with van der Waals surface area (Å²) in [6, 6.07) is 4.72. The van der Waals surface area contributed by atoms with Gasteiger partial charge in [0.25, 0.3) is 0 Å². The van der Waals surface area contributed by atoms with Gasteiger partial charge in [0.15, 0.2) is 0 Å². The van der Waals surface area contributed by atoms with Gasteiger partial charge in [0.1, 0.15) is 0 Å². The van der Waals surface area contributed by atoms with Crippen LogP contribution in [0.25, 0.3) is 0 Å². The summed E-state index contributed by atoms with van der Waals surface area (Å²) in [5.74, 6) is -1.18. The topological polar surface area (TPSA) is 69.6 Å². The summed E-state index contributed by atoms with van der Waals surface area (Å²) in [4.78, 5) is 24.6. The Morgan fingerprint density at radius 3 is 2.38 bits per heavy atom. The molecular formula is C14H18Cl2N2O3. The molecule has 21 heavy (non-hydrogen) atoms. The molecule has 0 aliphatic rings. The van der Waals surface area contributed by atoms with Crippen LogP contribution in [-0.4, -0.2) is 41.0 Å². The minimum Gasteiger partial charge on any atom is -0.481 e. The molecule has 1 unspecified atom stereocenters. The number of benzene rings is 1. The van der Waals surface area contributed by atoms with E-state index in [1.54, 1.807) is 30.0 Å². The molecule has 0 aliphatic carbocycles. The first kappa shape index (κ1) is 17.8. The van der Waals surface area contributed by atoms with E-state index in [0.29, 0.717) is 22.3 Å². The zero-order chi connectivity index (χ0) is 16.0. The first-order valence-electron chi connectivity index (χ1n) is 6.54. The van der Waals surface area contributed by atoms with Gasteiger partial charge >= 0.3 is 5.97 Å². The van der Waals surface area contributed by atoms with Crippen molar-refractivity contribution in [1.29, 1.82) is 0 Å². The first-order chi connectivity index (χ1) is 9.85. The average Bonchev–Trinajstić information content (AvgIpc) is 2.39. The van der Waals surface area contributed by atoms with E-state index in [2.05, 4.69) is 5.32 Å². The van der Waals surface area contributed by atoms with Gasteiger partial charge in [-0.3, -0.25) is 14.5 Å². The van der Waals surface area contributed by atoms with Gasteiger partial charge in [0.05, 0.1) is 28.7 Å². The van der Waals surface area contributed by atoms with Crippen molar-refractivity contribution in [3.8, 4) is 0 Å². The lowest BCUT2D eigenvalue weighted by Crippen LogP contribution is -2.40. The van der Waals surface area contributed by atoms with E-state index in [0.717, 1.165) is 0 Å². The lowest BCUT2D eigenvalue weighted by Gasteiger charge is -2.26. The highest BCUT2D eigenvalue weighted by atomic mass is 35.5. The number of halogens is 2.